The topological polar surface area (TPSA) is 68.0 Å². The highest BCUT2D eigenvalue weighted by atomic mass is 79.9. The number of halogens is 1. The lowest BCUT2D eigenvalue weighted by atomic mass is 9.82. The van der Waals surface area contributed by atoms with Crippen molar-refractivity contribution >= 4 is 21.8 Å². The van der Waals surface area contributed by atoms with E-state index in [-0.39, 0.29) is 11.4 Å². The van der Waals surface area contributed by atoms with Crippen molar-refractivity contribution in [1.29, 1.82) is 0 Å². The van der Waals surface area contributed by atoms with Gasteiger partial charge in [-0.1, -0.05) is 19.3 Å². The normalized spacial score (nSPS) is 18.3. The van der Waals surface area contributed by atoms with Crippen LogP contribution in [0, 0.1) is 0 Å². The van der Waals surface area contributed by atoms with Gasteiger partial charge >= 0.3 is 0 Å². The van der Waals surface area contributed by atoms with Crippen LogP contribution >= 0.6 is 15.9 Å². The summed E-state index contributed by atoms with van der Waals surface area (Å²) in [7, 11) is 0. The fourth-order valence-corrected chi connectivity index (χ4v) is 2.69. The van der Waals surface area contributed by atoms with Gasteiger partial charge in [-0.3, -0.25) is 9.78 Å². The molecular weight excluding hydrogens is 294 g/mol. The van der Waals surface area contributed by atoms with E-state index < -0.39 is 0 Å². The summed E-state index contributed by atoms with van der Waals surface area (Å²) in [6.07, 6.45) is 8.76. The molecule has 0 saturated heterocycles. The van der Waals surface area contributed by atoms with Crippen LogP contribution < -0.4 is 11.1 Å². The number of rotatable bonds is 3. The lowest BCUT2D eigenvalue weighted by Gasteiger charge is -2.33. The van der Waals surface area contributed by atoms with Crippen LogP contribution in [0.5, 0.6) is 0 Å². The van der Waals surface area contributed by atoms with Crippen LogP contribution in [0.4, 0.5) is 0 Å². The standard InChI is InChI=1S/C13H18BrN3O/c14-11-6-10(7-16-8-11)12(18)17-9-13(15)4-2-1-3-5-13/h6-8H,1-5,9,15H2,(H,17,18). The predicted octanol–water partition coefficient (Wildman–Crippen LogP) is 2.24. The number of carbonyl (C=O) groups excluding carboxylic acids is 1. The summed E-state index contributed by atoms with van der Waals surface area (Å²) in [5.74, 6) is -0.112. The molecule has 1 fully saturated rings. The van der Waals surface area contributed by atoms with E-state index in [1.165, 1.54) is 6.42 Å². The van der Waals surface area contributed by atoms with Gasteiger partial charge in [0.2, 0.25) is 0 Å². The summed E-state index contributed by atoms with van der Waals surface area (Å²) >= 11 is 3.30. The Hall–Kier alpha value is -0.940. The van der Waals surface area contributed by atoms with Crippen molar-refractivity contribution < 1.29 is 4.79 Å². The molecule has 18 heavy (non-hydrogen) atoms. The molecule has 98 valence electrons. The van der Waals surface area contributed by atoms with E-state index in [0.717, 1.165) is 30.2 Å². The number of nitrogens with zero attached hydrogens (tertiary/aromatic N) is 1. The van der Waals surface area contributed by atoms with Crippen LogP contribution in [0.2, 0.25) is 0 Å². The summed E-state index contributed by atoms with van der Waals surface area (Å²) in [6, 6.07) is 1.76. The maximum atomic E-state index is 12.0. The number of nitrogens with two attached hydrogens (primary N) is 1. The summed E-state index contributed by atoms with van der Waals surface area (Å²) < 4.78 is 0.801. The lowest BCUT2D eigenvalue weighted by molar-refractivity contribution is 0.0937. The van der Waals surface area contributed by atoms with Crippen LogP contribution in [-0.4, -0.2) is 23.0 Å². The zero-order chi connectivity index (χ0) is 13.0. The number of aromatic nitrogens is 1. The number of amides is 1. The Morgan fingerprint density at radius 2 is 2.11 bits per heavy atom. The Bertz CT molecular complexity index is 430. The molecule has 1 aliphatic carbocycles. The van der Waals surface area contributed by atoms with Gasteiger partial charge in [-0.05, 0) is 34.8 Å². The smallest absolute Gasteiger partial charge is 0.252 e. The van der Waals surface area contributed by atoms with Gasteiger partial charge in [-0.25, -0.2) is 0 Å². The SMILES string of the molecule is NC1(CNC(=O)c2cncc(Br)c2)CCCCC1. The fourth-order valence-electron chi connectivity index (χ4n) is 2.33. The second-order valence-corrected chi connectivity index (χ2v) is 5.91. The predicted molar refractivity (Wildman–Crippen MR) is 74.3 cm³/mol. The Balaban J connectivity index is 1.92. The minimum Gasteiger partial charge on any atom is -0.350 e. The van der Waals surface area contributed by atoms with Crippen LogP contribution in [0.15, 0.2) is 22.9 Å². The first-order valence-electron chi connectivity index (χ1n) is 6.27. The monoisotopic (exact) mass is 311 g/mol. The Morgan fingerprint density at radius 1 is 1.39 bits per heavy atom. The maximum absolute atomic E-state index is 12.0. The zero-order valence-corrected chi connectivity index (χ0v) is 11.9. The first kappa shape index (κ1) is 13.5. The molecule has 0 spiro atoms. The highest BCUT2D eigenvalue weighted by Crippen LogP contribution is 2.25. The Kier molecular flexibility index (Phi) is 4.35. The van der Waals surface area contributed by atoms with Gasteiger partial charge in [0.05, 0.1) is 5.56 Å². The van der Waals surface area contributed by atoms with E-state index in [1.54, 1.807) is 18.5 Å². The van der Waals surface area contributed by atoms with Gasteiger partial charge in [-0.2, -0.15) is 0 Å². The zero-order valence-electron chi connectivity index (χ0n) is 10.3. The largest absolute Gasteiger partial charge is 0.350 e. The third-order valence-electron chi connectivity index (χ3n) is 3.42. The van der Waals surface area contributed by atoms with Crippen molar-refractivity contribution in [3.8, 4) is 0 Å². The van der Waals surface area contributed by atoms with Crippen molar-refractivity contribution in [3.63, 3.8) is 0 Å². The van der Waals surface area contributed by atoms with Crippen molar-refractivity contribution in [1.82, 2.24) is 10.3 Å². The fraction of sp³-hybridized carbons (Fsp3) is 0.538. The van der Waals surface area contributed by atoms with E-state index in [4.69, 9.17) is 5.73 Å². The van der Waals surface area contributed by atoms with Crippen LogP contribution in [-0.2, 0) is 0 Å². The number of hydrogen-bond acceptors (Lipinski definition) is 3. The molecule has 0 atom stereocenters. The van der Waals surface area contributed by atoms with Gasteiger partial charge in [0, 0.05) is 29.0 Å². The van der Waals surface area contributed by atoms with Crippen molar-refractivity contribution in [3.05, 3.63) is 28.5 Å². The van der Waals surface area contributed by atoms with E-state index in [1.807, 2.05) is 0 Å². The molecule has 2 rings (SSSR count). The summed E-state index contributed by atoms with van der Waals surface area (Å²) in [5, 5.41) is 2.91. The lowest BCUT2D eigenvalue weighted by Crippen LogP contribution is -2.51. The quantitative estimate of drug-likeness (QED) is 0.899. The molecule has 0 unspecified atom stereocenters. The summed E-state index contributed by atoms with van der Waals surface area (Å²) in [6.45, 7) is 0.540. The third kappa shape index (κ3) is 3.53. The summed E-state index contributed by atoms with van der Waals surface area (Å²) in [5.41, 5.74) is 6.61. The minimum atomic E-state index is -0.229. The molecule has 1 saturated carbocycles. The number of carbonyl (C=O) groups is 1. The first-order valence-corrected chi connectivity index (χ1v) is 7.06. The molecule has 1 heterocycles. The van der Waals surface area contributed by atoms with E-state index in [2.05, 4.69) is 26.2 Å². The number of hydrogen-bond donors (Lipinski definition) is 2. The second kappa shape index (κ2) is 5.80. The molecule has 1 aliphatic rings. The summed E-state index contributed by atoms with van der Waals surface area (Å²) in [4.78, 5) is 15.9. The van der Waals surface area contributed by atoms with Gasteiger partial charge in [0.15, 0.2) is 0 Å². The molecular formula is C13H18BrN3O. The molecule has 0 aromatic carbocycles. The van der Waals surface area contributed by atoms with Crippen molar-refractivity contribution in [2.45, 2.75) is 37.6 Å². The number of nitrogens with one attached hydrogen (secondary N) is 1. The molecule has 0 radical (unpaired) electrons. The van der Waals surface area contributed by atoms with E-state index in [9.17, 15) is 4.79 Å². The van der Waals surface area contributed by atoms with Crippen LogP contribution in [0.3, 0.4) is 0 Å². The van der Waals surface area contributed by atoms with E-state index >= 15 is 0 Å². The van der Waals surface area contributed by atoms with Crippen molar-refractivity contribution in [2.75, 3.05) is 6.54 Å². The second-order valence-electron chi connectivity index (χ2n) is 5.00. The average molecular weight is 312 g/mol. The molecule has 0 aliphatic heterocycles. The molecule has 0 bridgehead atoms. The maximum Gasteiger partial charge on any atom is 0.252 e. The first-order chi connectivity index (χ1) is 8.59. The average Bonchev–Trinajstić information content (AvgIpc) is 2.37. The molecule has 1 aromatic rings. The molecule has 1 aromatic heterocycles. The van der Waals surface area contributed by atoms with E-state index in [0.29, 0.717) is 12.1 Å². The van der Waals surface area contributed by atoms with Crippen molar-refractivity contribution in [2.24, 2.45) is 5.73 Å². The molecule has 5 heteroatoms. The minimum absolute atomic E-state index is 0.112. The molecule has 3 N–H and O–H groups in total. The Morgan fingerprint density at radius 3 is 2.78 bits per heavy atom. The van der Waals surface area contributed by atoms with Gasteiger partial charge in [-0.15, -0.1) is 0 Å². The van der Waals surface area contributed by atoms with Gasteiger partial charge in [0.1, 0.15) is 0 Å². The number of pyridine rings is 1. The van der Waals surface area contributed by atoms with Gasteiger partial charge < -0.3 is 11.1 Å². The highest BCUT2D eigenvalue weighted by Gasteiger charge is 2.27. The molecule has 1 amide bonds. The highest BCUT2D eigenvalue weighted by molar-refractivity contribution is 9.10. The van der Waals surface area contributed by atoms with Gasteiger partial charge in [0.25, 0.3) is 5.91 Å². The van der Waals surface area contributed by atoms with Crippen LogP contribution in [0.1, 0.15) is 42.5 Å². The Labute approximate surface area is 115 Å². The third-order valence-corrected chi connectivity index (χ3v) is 3.85. The van der Waals surface area contributed by atoms with Crippen LogP contribution in [0.25, 0.3) is 0 Å². The molecule has 4 nitrogen and oxygen atoms in total.